The first-order valence-electron chi connectivity index (χ1n) is 9.41. The van der Waals surface area contributed by atoms with Gasteiger partial charge in [0.15, 0.2) is 0 Å². The number of aromatic amines is 1. The molecular formula is C23H20N4O. The summed E-state index contributed by atoms with van der Waals surface area (Å²) < 4.78 is 5.52. The second kappa shape index (κ2) is 6.94. The van der Waals surface area contributed by atoms with Crippen molar-refractivity contribution in [1.82, 2.24) is 15.1 Å². The lowest BCUT2D eigenvalue weighted by molar-refractivity contribution is 0.386. The topological polar surface area (TPSA) is 80.7 Å². The Balaban J connectivity index is 1.43. The van der Waals surface area contributed by atoms with Crippen LogP contribution in [0.3, 0.4) is 0 Å². The van der Waals surface area contributed by atoms with Crippen molar-refractivity contribution in [3.63, 3.8) is 0 Å². The zero-order valence-electron chi connectivity index (χ0n) is 15.4. The average Bonchev–Trinajstić information content (AvgIpc) is 3.35. The summed E-state index contributed by atoms with van der Waals surface area (Å²) in [5, 5.41) is 7.75. The van der Waals surface area contributed by atoms with Crippen molar-refractivity contribution < 1.29 is 4.52 Å². The number of nitrogens with two attached hydrogens (primary N) is 1. The quantitative estimate of drug-likeness (QED) is 0.480. The zero-order valence-corrected chi connectivity index (χ0v) is 15.4. The fraction of sp³-hybridized carbons (Fsp3) is 0.130. The molecular weight excluding hydrogens is 348 g/mol. The second-order valence-electron chi connectivity index (χ2n) is 6.98. The molecule has 2 heterocycles. The Labute approximate surface area is 162 Å². The summed E-state index contributed by atoms with van der Waals surface area (Å²) >= 11 is 0. The summed E-state index contributed by atoms with van der Waals surface area (Å²) in [6.45, 7) is 0.635. The van der Waals surface area contributed by atoms with Crippen LogP contribution in [0, 0.1) is 0 Å². The summed E-state index contributed by atoms with van der Waals surface area (Å²) in [7, 11) is 0. The van der Waals surface area contributed by atoms with Gasteiger partial charge in [0.05, 0.1) is 6.42 Å². The Hall–Kier alpha value is -3.44. The van der Waals surface area contributed by atoms with Crippen LogP contribution in [-0.4, -0.2) is 21.7 Å². The van der Waals surface area contributed by atoms with Crippen molar-refractivity contribution in [2.24, 2.45) is 5.73 Å². The normalized spacial score (nSPS) is 11.5. The van der Waals surface area contributed by atoms with Gasteiger partial charge in [-0.25, -0.2) is 0 Å². The van der Waals surface area contributed by atoms with Crippen LogP contribution in [-0.2, 0) is 12.8 Å². The van der Waals surface area contributed by atoms with Gasteiger partial charge in [-0.15, -0.1) is 0 Å². The highest BCUT2D eigenvalue weighted by Gasteiger charge is 2.11. The van der Waals surface area contributed by atoms with Gasteiger partial charge in [0, 0.05) is 22.7 Å². The van der Waals surface area contributed by atoms with E-state index in [1.165, 1.54) is 16.3 Å². The third-order valence-corrected chi connectivity index (χ3v) is 5.08. The fourth-order valence-corrected chi connectivity index (χ4v) is 3.64. The lowest BCUT2D eigenvalue weighted by Crippen LogP contribution is -2.01. The molecule has 138 valence electrons. The molecule has 0 saturated carbocycles. The number of hydrogen-bond acceptors (Lipinski definition) is 4. The number of rotatable bonds is 5. The monoisotopic (exact) mass is 368 g/mol. The van der Waals surface area contributed by atoms with Crippen molar-refractivity contribution in [2.75, 3.05) is 6.54 Å². The van der Waals surface area contributed by atoms with Crippen LogP contribution in [0.2, 0.25) is 0 Å². The van der Waals surface area contributed by atoms with E-state index in [1.807, 2.05) is 24.4 Å². The first-order chi connectivity index (χ1) is 13.8. The van der Waals surface area contributed by atoms with Gasteiger partial charge in [0.2, 0.25) is 11.7 Å². The Morgan fingerprint density at radius 3 is 2.75 bits per heavy atom. The second-order valence-corrected chi connectivity index (χ2v) is 6.98. The van der Waals surface area contributed by atoms with Crippen LogP contribution < -0.4 is 5.73 Å². The Bertz CT molecular complexity index is 1270. The van der Waals surface area contributed by atoms with E-state index in [0.29, 0.717) is 24.7 Å². The van der Waals surface area contributed by atoms with Crippen molar-refractivity contribution >= 4 is 21.7 Å². The molecule has 5 aromatic rings. The molecule has 0 aliphatic carbocycles. The van der Waals surface area contributed by atoms with Gasteiger partial charge in [0.25, 0.3) is 0 Å². The third-order valence-electron chi connectivity index (χ3n) is 5.08. The average molecular weight is 368 g/mol. The molecule has 0 unspecified atom stereocenters. The van der Waals surface area contributed by atoms with Crippen molar-refractivity contribution in [3.05, 3.63) is 83.9 Å². The molecule has 0 aliphatic heterocycles. The fourth-order valence-electron chi connectivity index (χ4n) is 3.64. The zero-order chi connectivity index (χ0) is 18.9. The molecule has 0 amide bonds. The van der Waals surface area contributed by atoms with Crippen LogP contribution in [0.4, 0.5) is 0 Å². The summed E-state index contributed by atoms with van der Waals surface area (Å²) in [5.41, 5.74) is 10.2. The number of fused-ring (bicyclic) bond motifs is 2. The molecule has 3 N–H and O–H groups in total. The van der Waals surface area contributed by atoms with E-state index in [9.17, 15) is 0 Å². The molecule has 0 aliphatic rings. The minimum absolute atomic E-state index is 0.601. The molecule has 3 aromatic carbocycles. The summed E-state index contributed by atoms with van der Waals surface area (Å²) in [6.07, 6.45) is 3.49. The number of hydrogen-bond donors (Lipinski definition) is 2. The van der Waals surface area contributed by atoms with Crippen LogP contribution in [0.5, 0.6) is 0 Å². The standard InChI is InChI=1S/C23H20N4O/c24-10-9-19-14-25-21-8-5-15(11-20(19)21)12-22-26-23(27-28-22)18-7-6-16-3-1-2-4-17(16)13-18/h1-8,11,13-14,25H,9-10,12,24H2. The number of nitrogens with zero attached hydrogens (tertiary/aromatic N) is 2. The molecule has 5 heteroatoms. The minimum atomic E-state index is 0.601. The molecule has 0 bridgehead atoms. The Morgan fingerprint density at radius 2 is 1.86 bits per heavy atom. The molecule has 0 spiro atoms. The molecule has 0 atom stereocenters. The predicted molar refractivity (Wildman–Crippen MR) is 111 cm³/mol. The van der Waals surface area contributed by atoms with Gasteiger partial charge in [-0.05, 0) is 53.1 Å². The maximum atomic E-state index is 5.72. The SMILES string of the molecule is NCCc1c[nH]c2ccc(Cc3nc(-c4ccc5ccccc5c4)no3)cc12. The van der Waals surface area contributed by atoms with Crippen molar-refractivity contribution in [1.29, 1.82) is 0 Å². The van der Waals surface area contributed by atoms with Crippen LogP contribution >= 0.6 is 0 Å². The molecule has 5 rings (SSSR count). The van der Waals surface area contributed by atoms with Crippen LogP contribution in [0.25, 0.3) is 33.1 Å². The molecule has 28 heavy (non-hydrogen) atoms. The maximum Gasteiger partial charge on any atom is 0.231 e. The number of H-pyrrole nitrogens is 1. The molecule has 0 radical (unpaired) electrons. The third kappa shape index (κ3) is 3.06. The van der Waals surface area contributed by atoms with E-state index in [0.717, 1.165) is 28.5 Å². The minimum Gasteiger partial charge on any atom is -0.361 e. The van der Waals surface area contributed by atoms with Gasteiger partial charge in [-0.2, -0.15) is 4.98 Å². The van der Waals surface area contributed by atoms with Gasteiger partial charge in [-0.1, -0.05) is 47.6 Å². The summed E-state index contributed by atoms with van der Waals surface area (Å²) in [6, 6.07) is 20.8. The van der Waals surface area contributed by atoms with Gasteiger partial charge in [0.1, 0.15) is 0 Å². The number of benzene rings is 3. The number of aromatic nitrogens is 3. The Morgan fingerprint density at radius 1 is 0.964 bits per heavy atom. The van der Waals surface area contributed by atoms with E-state index in [4.69, 9.17) is 10.3 Å². The summed E-state index contributed by atoms with van der Waals surface area (Å²) in [4.78, 5) is 7.90. The van der Waals surface area contributed by atoms with E-state index in [-0.39, 0.29) is 0 Å². The Kier molecular flexibility index (Phi) is 4.14. The lowest BCUT2D eigenvalue weighted by Gasteiger charge is -2.00. The van der Waals surface area contributed by atoms with E-state index in [1.54, 1.807) is 0 Å². The highest BCUT2D eigenvalue weighted by atomic mass is 16.5. The van der Waals surface area contributed by atoms with Crippen molar-refractivity contribution in [2.45, 2.75) is 12.8 Å². The lowest BCUT2D eigenvalue weighted by atomic mass is 10.1. The largest absolute Gasteiger partial charge is 0.361 e. The maximum absolute atomic E-state index is 5.72. The summed E-state index contributed by atoms with van der Waals surface area (Å²) in [5.74, 6) is 1.23. The molecule has 0 fully saturated rings. The highest BCUT2D eigenvalue weighted by molar-refractivity contribution is 5.86. The number of nitrogens with one attached hydrogen (secondary N) is 1. The smallest absolute Gasteiger partial charge is 0.231 e. The van der Waals surface area contributed by atoms with Gasteiger partial charge < -0.3 is 15.2 Å². The van der Waals surface area contributed by atoms with E-state index in [2.05, 4.69) is 57.6 Å². The van der Waals surface area contributed by atoms with E-state index < -0.39 is 0 Å². The van der Waals surface area contributed by atoms with Gasteiger partial charge in [-0.3, -0.25) is 0 Å². The van der Waals surface area contributed by atoms with Crippen LogP contribution in [0.15, 0.2) is 71.4 Å². The molecule has 2 aromatic heterocycles. The first-order valence-corrected chi connectivity index (χ1v) is 9.41. The van der Waals surface area contributed by atoms with Gasteiger partial charge >= 0.3 is 0 Å². The molecule has 0 saturated heterocycles. The first kappa shape index (κ1) is 16.7. The molecule has 5 nitrogen and oxygen atoms in total. The van der Waals surface area contributed by atoms with Crippen molar-refractivity contribution in [3.8, 4) is 11.4 Å². The highest BCUT2D eigenvalue weighted by Crippen LogP contribution is 2.24. The predicted octanol–water partition coefficient (Wildman–Crippen LogP) is 4.46. The van der Waals surface area contributed by atoms with Crippen LogP contribution in [0.1, 0.15) is 17.0 Å². The van der Waals surface area contributed by atoms with E-state index >= 15 is 0 Å².